The van der Waals surface area contributed by atoms with Crippen molar-refractivity contribution in [1.29, 1.82) is 0 Å². The number of hydrogen-bond acceptors (Lipinski definition) is 4. The first kappa shape index (κ1) is 18.2. The van der Waals surface area contributed by atoms with Gasteiger partial charge in [0.25, 0.3) is 0 Å². The summed E-state index contributed by atoms with van der Waals surface area (Å²) in [4.78, 5) is 24.6. The summed E-state index contributed by atoms with van der Waals surface area (Å²) in [5, 5.41) is 11.1. The number of allylic oxidation sites excluding steroid dienone is 1. The average molecular weight is 360 g/mol. The van der Waals surface area contributed by atoms with Crippen LogP contribution in [0.2, 0.25) is 0 Å². The molecule has 0 amide bonds. The SMILES string of the molecule is C=C1C(=O)C23CCC4C(C)(COC(C)=O)CCCC4(C)C2C(O)CC1C3. The summed E-state index contributed by atoms with van der Waals surface area (Å²) in [5.74, 6) is 0.551. The standard InChI is InChI=1S/C22H32O4/c1-13-15-10-16(24)18-21(4)8-5-7-20(3,12-26-14(2)23)17(21)6-9-22(18,11-15)19(13)25/h15-18,24H,1,5-12H2,2-4H3. The lowest BCUT2D eigenvalue weighted by Gasteiger charge is -2.64. The van der Waals surface area contributed by atoms with E-state index < -0.39 is 11.5 Å². The molecule has 144 valence electrons. The molecule has 7 atom stereocenters. The van der Waals surface area contributed by atoms with E-state index in [1.165, 1.54) is 6.92 Å². The quantitative estimate of drug-likeness (QED) is 0.603. The highest BCUT2D eigenvalue weighted by Crippen LogP contribution is 2.71. The summed E-state index contributed by atoms with van der Waals surface area (Å²) in [5.41, 5.74) is 0.197. The zero-order chi connectivity index (χ0) is 18.9. The van der Waals surface area contributed by atoms with Gasteiger partial charge in [0.05, 0.1) is 12.7 Å². The molecule has 4 aliphatic rings. The van der Waals surface area contributed by atoms with Crippen molar-refractivity contribution in [2.75, 3.05) is 6.61 Å². The maximum atomic E-state index is 13.2. The number of ether oxygens (including phenoxy) is 1. The van der Waals surface area contributed by atoms with Crippen molar-refractivity contribution in [3.63, 3.8) is 0 Å². The largest absolute Gasteiger partial charge is 0.465 e. The summed E-state index contributed by atoms with van der Waals surface area (Å²) in [6.07, 6.45) is 6.10. The third kappa shape index (κ3) is 2.23. The zero-order valence-electron chi connectivity index (χ0n) is 16.3. The van der Waals surface area contributed by atoms with Crippen molar-refractivity contribution in [2.24, 2.45) is 34.0 Å². The number of carbonyl (C=O) groups excluding carboxylic acids is 2. The first-order valence-electron chi connectivity index (χ1n) is 10.2. The van der Waals surface area contributed by atoms with Gasteiger partial charge in [0.15, 0.2) is 5.78 Å². The highest BCUT2D eigenvalue weighted by atomic mass is 16.5. The Hall–Kier alpha value is -1.16. The topological polar surface area (TPSA) is 63.6 Å². The highest BCUT2D eigenvalue weighted by Gasteiger charge is 2.69. The van der Waals surface area contributed by atoms with Crippen LogP contribution in [0, 0.1) is 34.0 Å². The number of fused-ring (bicyclic) bond motifs is 3. The molecule has 4 rings (SSSR count). The molecule has 4 nitrogen and oxygen atoms in total. The van der Waals surface area contributed by atoms with Crippen LogP contribution in [0.1, 0.15) is 65.7 Å². The van der Waals surface area contributed by atoms with Gasteiger partial charge in [0.2, 0.25) is 0 Å². The van der Waals surface area contributed by atoms with Crippen molar-refractivity contribution in [3.8, 4) is 0 Å². The predicted octanol–water partition coefficient (Wildman–Crippen LogP) is 3.67. The van der Waals surface area contributed by atoms with E-state index in [1.807, 2.05) is 0 Å². The van der Waals surface area contributed by atoms with Crippen molar-refractivity contribution in [2.45, 2.75) is 71.8 Å². The fourth-order valence-electron chi connectivity index (χ4n) is 7.80. The molecular formula is C22H32O4. The lowest BCUT2D eigenvalue weighted by atomic mass is 9.40. The molecule has 1 N–H and O–H groups in total. The zero-order valence-corrected chi connectivity index (χ0v) is 16.3. The fraction of sp³-hybridized carbons (Fsp3) is 0.818. The van der Waals surface area contributed by atoms with Crippen LogP contribution >= 0.6 is 0 Å². The summed E-state index contributed by atoms with van der Waals surface area (Å²) in [7, 11) is 0. The van der Waals surface area contributed by atoms with Crippen LogP contribution in [0.25, 0.3) is 0 Å². The Kier molecular flexibility index (Phi) is 3.97. The highest BCUT2D eigenvalue weighted by molar-refractivity contribution is 6.03. The number of aliphatic hydroxyl groups is 1. The van der Waals surface area contributed by atoms with Gasteiger partial charge < -0.3 is 9.84 Å². The number of ketones is 1. The molecule has 0 aromatic heterocycles. The van der Waals surface area contributed by atoms with Crippen molar-refractivity contribution in [3.05, 3.63) is 12.2 Å². The molecule has 26 heavy (non-hydrogen) atoms. The number of rotatable bonds is 2. The second-order valence-corrected chi connectivity index (χ2v) is 10.1. The van der Waals surface area contributed by atoms with E-state index in [2.05, 4.69) is 20.4 Å². The van der Waals surface area contributed by atoms with Gasteiger partial charge in [-0.1, -0.05) is 26.8 Å². The summed E-state index contributed by atoms with van der Waals surface area (Å²) in [6, 6.07) is 0. The molecule has 0 aromatic rings. The summed E-state index contributed by atoms with van der Waals surface area (Å²) < 4.78 is 5.46. The molecule has 0 aliphatic heterocycles. The Morgan fingerprint density at radius 1 is 1.31 bits per heavy atom. The van der Waals surface area contributed by atoms with Crippen molar-refractivity contribution in [1.82, 2.24) is 0 Å². The molecule has 0 radical (unpaired) electrons. The number of hydrogen-bond donors (Lipinski definition) is 1. The van der Waals surface area contributed by atoms with Crippen LogP contribution in [-0.4, -0.2) is 29.6 Å². The lowest BCUT2D eigenvalue weighted by molar-refractivity contribution is -0.198. The van der Waals surface area contributed by atoms with Crippen LogP contribution in [0.4, 0.5) is 0 Å². The molecule has 0 heterocycles. The van der Waals surface area contributed by atoms with Gasteiger partial charge in [0.1, 0.15) is 0 Å². The third-order valence-corrected chi connectivity index (χ3v) is 8.65. The van der Waals surface area contributed by atoms with Gasteiger partial charge in [-0.15, -0.1) is 0 Å². The minimum absolute atomic E-state index is 0.00806. The Balaban J connectivity index is 1.73. The van der Waals surface area contributed by atoms with Crippen molar-refractivity contribution < 1.29 is 19.4 Å². The van der Waals surface area contributed by atoms with Crippen LogP contribution in [0.3, 0.4) is 0 Å². The number of esters is 1. The minimum atomic E-state index is -0.430. The normalized spacial score (nSPS) is 50.2. The first-order valence-corrected chi connectivity index (χ1v) is 10.2. The van der Waals surface area contributed by atoms with Gasteiger partial charge >= 0.3 is 5.97 Å². The molecule has 4 fully saturated rings. The van der Waals surface area contributed by atoms with E-state index >= 15 is 0 Å². The summed E-state index contributed by atoms with van der Waals surface area (Å²) >= 11 is 0. The molecule has 4 saturated carbocycles. The van der Waals surface area contributed by atoms with Gasteiger partial charge in [-0.25, -0.2) is 0 Å². The van der Waals surface area contributed by atoms with Gasteiger partial charge in [-0.2, -0.15) is 0 Å². The molecule has 0 aromatic carbocycles. The Morgan fingerprint density at radius 3 is 2.73 bits per heavy atom. The van der Waals surface area contributed by atoms with E-state index in [0.717, 1.165) is 44.1 Å². The van der Waals surface area contributed by atoms with Crippen molar-refractivity contribution >= 4 is 11.8 Å². The smallest absolute Gasteiger partial charge is 0.302 e. The number of carbonyl (C=O) groups is 2. The monoisotopic (exact) mass is 360 g/mol. The third-order valence-electron chi connectivity index (χ3n) is 8.65. The Morgan fingerprint density at radius 2 is 2.04 bits per heavy atom. The second kappa shape index (κ2) is 5.67. The predicted molar refractivity (Wildman–Crippen MR) is 98.2 cm³/mol. The summed E-state index contributed by atoms with van der Waals surface area (Å²) in [6.45, 7) is 10.5. The molecule has 7 unspecified atom stereocenters. The van der Waals surface area contributed by atoms with Crippen LogP contribution < -0.4 is 0 Å². The van der Waals surface area contributed by atoms with Gasteiger partial charge in [-0.3, -0.25) is 9.59 Å². The van der Waals surface area contributed by atoms with Crippen LogP contribution in [0.15, 0.2) is 12.2 Å². The van der Waals surface area contributed by atoms with Gasteiger partial charge in [-0.05, 0) is 61.3 Å². The Labute approximate surface area is 156 Å². The van der Waals surface area contributed by atoms with Crippen LogP contribution in [-0.2, 0) is 14.3 Å². The molecular weight excluding hydrogens is 328 g/mol. The average Bonchev–Trinajstić information content (AvgIpc) is 2.74. The maximum Gasteiger partial charge on any atom is 0.302 e. The molecule has 4 heteroatoms. The van der Waals surface area contributed by atoms with E-state index in [1.54, 1.807) is 0 Å². The van der Waals surface area contributed by atoms with E-state index in [0.29, 0.717) is 18.9 Å². The molecule has 1 spiro atoms. The van der Waals surface area contributed by atoms with Crippen LogP contribution in [0.5, 0.6) is 0 Å². The van der Waals surface area contributed by atoms with E-state index in [-0.39, 0.29) is 34.4 Å². The molecule has 2 bridgehead atoms. The van der Waals surface area contributed by atoms with E-state index in [9.17, 15) is 14.7 Å². The molecule has 0 saturated heterocycles. The Bertz CT molecular complexity index is 669. The maximum absolute atomic E-state index is 13.2. The minimum Gasteiger partial charge on any atom is -0.465 e. The van der Waals surface area contributed by atoms with E-state index in [4.69, 9.17) is 4.74 Å². The number of Topliss-reactive ketones (excluding diaryl/α,β-unsaturated/α-hetero) is 1. The van der Waals surface area contributed by atoms with Gasteiger partial charge in [0, 0.05) is 23.7 Å². The second-order valence-electron chi connectivity index (χ2n) is 10.1. The lowest BCUT2D eigenvalue weighted by Crippen LogP contribution is -2.62. The fourth-order valence-corrected chi connectivity index (χ4v) is 7.80. The number of aliphatic hydroxyl groups excluding tert-OH is 1. The first-order chi connectivity index (χ1) is 12.1. The molecule has 4 aliphatic carbocycles.